The highest BCUT2D eigenvalue weighted by Crippen LogP contribution is 2.19. The van der Waals surface area contributed by atoms with Gasteiger partial charge in [-0.1, -0.05) is 31.9 Å². The summed E-state index contributed by atoms with van der Waals surface area (Å²) in [7, 11) is 0. The van der Waals surface area contributed by atoms with E-state index in [9.17, 15) is 9.59 Å². The topological polar surface area (TPSA) is 63.6 Å². The summed E-state index contributed by atoms with van der Waals surface area (Å²) in [6.07, 6.45) is 4.05. The molecule has 0 spiro atoms. The molecule has 1 aromatic carbocycles. The van der Waals surface area contributed by atoms with Gasteiger partial charge in [-0.2, -0.15) is 0 Å². The average molecular weight is 249 g/mol. The van der Waals surface area contributed by atoms with E-state index in [0.717, 1.165) is 19.3 Å². The Labute approximate surface area is 107 Å². The van der Waals surface area contributed by atoms with Crippen molar-refractivity contribution in [3.63, 3.8) is 0 Å². The number of carbonyl (C=O) groups excluding carboxylic acids is 1. The fourth-order valence-electron chi connectivity index (χ4n) is 1.62. The summed E-state index contributed by atoms with van der Waals surface area (Å²) in [6, 6.07) is 6.50. The van der Waals surface area contributed by atoms with Gasteiger partial charge in [0.05, 0.1) is 5.56 Å². The molecular weight excluding hydrogens is 232 g/mol. The van der Waals surface area contributed by atoms with Gasteiger partial charge >= 0.3 is 5.97 Å². The second kappa shape index (κ2) is 7.48. The molecule has 0 aliphatic heterocycles. The third-order valence-electron chi connectivity index (χ3n) is 2.61. The van der Waals surface area contributed by atoms with Crippen molar-refractivity contribution in [2.24, 2.45) is 0 Å². The van der Waals surface area contributed by atoms with Crippen LogP contribution in [0.2, 0.25) is 0 Å². The second-order valence-corrected chi connectivity index (χ2v) is 4.04. The van der Waals surface area contributed by atoms with Crippen molar-refractivity contribution in [2.75, 3.05) is 0 Å². The maximum absolute atomic E-state index is 11.1. The van der Waals surface area contributed by atoms with Gasteiger partial charge < -0.3 is 9.84 Å². The van der Waals surface area contributed by atoms with E-state index in [4.69, 9.17) is 9.84 Å². The second-order valence-electron chi connectivity index (χ2n) is 4.04. The summed E-state index contributed by atoms with van der Waals surface area (Å²) in [5.74, 6) is -0.733. The summed E-state index contributed by atoms with van der Waals surface area (Å²) >= 11 is 0. The fraction of sp³-hybridized carbons (Fsp3) is 0.429. The van der Waals surface area contributed by atoms with Crippen LogP contribution in [0.1, 0.15) is 38.2 Å². The normalized spacial score (nSPS) is 11.8. The van der Waals surface area contributed by atoms with Crippen LogP contribution >= 0.6 is 0 Å². The highest BCUT2D eigenvalue weighted by atomic mass is 16.5. The maximum Gasteiger partial charge on any atom is 0.344 e. The van der Waals surface area contributed by atoms with E-state index in [2.05, 4.69) is 0 Å². The van der Waals surface area contributed by atoms with Crippen molar-refractivity contribution in [2.45, 2.75) is 38.7 Å². The molecule has 0 bridgehead atoms. The molecule has 0 aliphatic rings. The number of carbonyl (C=O) groups is 1. The Morgan fingerprint density at radius 1 is 1.39 bits per heavy atom. The van der Waals surface area contributed by atoms with Crippen LogP contribution in [0.4, 0.5) is 0 Å². The number of carboxylic acid groups (broad SMARTS) is 1. The highest BCUT2D eigenvalue weighted by Gasteiger charge is 2.20. The SMILES string of the molecule is CCCCCC(Oc1ccccc1[C]=O)C(=O)O. The van der Waals surface area contributed by atoms with Gasteiger partial charge in [0, 0.05) is 0 Å². The molecule has 0 heterocycles. The van der Waals surface area contributed by atoms with Crippen LogP contribution in [-0.4, -0.2) is 23.5 Å². The van der Waals surface area contributed by atoms with Crippen LogP contribution in [0.3, 0.4) is 0 Å². The molecule has 97 valence electrons. The number of ether oxygens (including phenoxy) is 1. The Bertz CT molecular complexity index is 401. The van der Waals surface area contributed by atoms with E-state index in [-0.39, 0.29) is 11.3 Å². The van der Waals surface area contributed by atoms with Gasteiger partial charge in [0.25, 0.3) is 0 Å². The number of rotatable bonds is 8. The molecule has 0 fully saturated rings. The minimum atomic E-state index is -1.01. The summed E-state index contributed by atoms with van der Waals surface area (Å²) in [4.78, 5) is 21.8. The first kappa shape index (κ1) is 14.2. The van der Waals surface area contributed by atoms with Gasteiger partial charge in [-0.25, -0.2) is 4.79 Å². The van der Waals surface area contributed by atoms with E-state index in [0.29, 0.717) is 6.42 Å². The summed E-state index contributed by atoms with van der Waals surface area (Å²) < 4.78 is 5.38. The molecule has 0 saturated carbocycles. The molecule has 4 nitrogen and oxygen atoms in total. The minimum absolute atomic E-state index is 0.249. The van der Waals surface area contributed by atoms with Crippen LogP contribution in [0, 0.1) is 0 Å². The van der Waals surface area contributed by atoms with Gasteiger partial charge in [-0.15, -0.1) is 0 Å². The Hall–Kier alpha value is -1.84. The van der Waals surface area contributed by atoms with E-state index >= 15 is 0 Å². The first-order chi connectivity index (χ1) is 8.69. The number of aliphatic carboxylic acids is 1. The van der Waals surface area contributed by atoms with Crippen LogP contribution in [0.5, 0.6) is 5.75 Å². The molecule has 0 aromatic heterocycles. The Balaban J connectivity index is 2.70. The molecule has 0 saturated heterocycles. The van der Waals surface area contributed by atoms with Crippen molar-refractivity contribution >= 4 is 12.3 Å². The van der Waals surface area contributed by atoms with Crippen LogP contribution in [0.15, 0.2) is 24.3 Å². The molecule has 0 amide bonds. The molecule has 1 N–H and O–H groups in total. The quantitative estimate of drug-likeness (QED) is 0.719. The largest absolute Gasteiger partial charge is 0.479 e. The lowest BCUT2D eigenvalue weighted by molar-refractivity contribution is -0.145. The smallest absolute Gasteiger partial charge is 0.344 e. The molecule has 4 heteroatoms. The number of para-hydroxylation sites is 1. The molecule has 1 radical (unpaired) electrons. The zero-order valence-corrected chi connectivity index (χ0v) is 10.4. The van der Waals surface area contributed by atoms with Gasteiger partial charge in [-0.05, 0) is 25.0 Å². The van der Waals surface area contributed by atoms with Gasteiger partial charge in [0.1, 0.15) is 5.75 Å². The van der Waals surface area contributed by atoms with E-state index < -0.39 is 12.1 Å². The predicted octanol–water partition coefficient (Wildman–Crippen LogP) is 2.56. The lowest BCUT2D eigenvalue weighted by Gasteiger charge is -2.15. The first-order valence-corrected chi connectivity index (χ1v) is 6.05. The average Bonchev–Trinajstić information content (AvgIpc) is 2.38. The molecule has 0 aliphatic carbocycles. The minimum Gasteiger partial charge on any atom is -0.479 e. The number of benzene rings is 1. The number of hydrogen-bond donors (Lipinski definition) is 1. The van der Waals surface area contributed by atoms with Crippen molar-refractivity contribution < 1.29 is 19.4 Å². The van der Waals surface area contributed by atoms with Gasteiger partial charge in [0.2, 0.25) is 6.29 Å². The van der Waals surface area contributed by atoms with Crippen molar-refractivity contribution in [1.29, 1.82) is 0 Å². The molecule has 1 atom stereocenters. The molecule has 1 aromatic rings. The number of carboxylic acids is 1. The summed E-state index contributed by atoms with van der Waals surface area (Å²) in [5.41, 5.74) is 0.249. The first-order valence-electron chi connectivity index (χ1n) is 6.05. The van der Waals surface area contributed by atoms with Crippen molar-refractivity contribution in [3.05, 3.63) is 29.8 Å². The predicted molar refractivity (Wildman–Crippen MR) is 67.4 cm³/mol. The zero-order chi connectivity index (χ0) is 13.4. The third kappa shape index (κ3) is 4.20. The number of hydrogen-bond acceptors (Lipinski definition) is 3. The van der Waals surface area contributed by atoms with E-state index in [1.165, 1.54) is 0 Å². The van der Waals surface area contributed by atoms with Crippen molar-refractivity contribution in [3.8, 4) is 5.75 Å². The molecular formula is C14H17O4. The zero-order valence-electron chi connectivity index (χ0n) is 10.4. The number of unbranched alkanes of at least 4 members (excludes halogenated alkanes) is 2. The fourth-order valence-corrected chi connectivity index (χ4v) is 1.62. The van der Waals surface area contributed by atoms with E-state index in [1.807, 2.05) is 6.92 Å². The standard InChI is InChI=1S/C14H17O4/c1-2-3-4-9-13(14(16)17)18-12-8-6-5-7-11(12)10-15/h5-8,13H,2-4,9H2,1H3,(H,16,17). The molecule has 1 rings (SSSR count). The van der Waals surface area contributed by atoms with Crippen LogP contribution in [0.25, 0.3) is 0 Å². The highest BCUT2D eigenvalue weighted by molar-refractivity contribution is 5.80. The lowest BCUT2D eigenvalue weighted by Crippen LogP contribution is -2.27. The molecule has 18 heavy (non-hydrogen) atoms. The van der Waals surface area contributed by atoms with Crippen LogP contribution < -0.4 is 4.74 Å². The molecule has 1 unspecified atom stereocenters. The van der Waals surface area contributed by atoms with E-state index in [1.54, 1.807) is 30.6 Å². The maximum atomic E-state index is 11.1. The van der Waals surface area contributed by atoms with Crippen molar-refractivity contribution in [1.82, 2.24) is 0 Å². The van der Waals surface area contributed by atoms with Gasteiger partial charge in [0.15, 0.2) is 6.10 Å². The van der Waals surface area contributed by atoms with Crippen LogP contribution in [-0.2, 0) is 9.59 Å². The monoisotopic (exact) mass is 249 g/mol. The Kier molecular flexibility index (Phi) is 5.91. The third-order valence-corrected chi connectivity index (χ3v) is 2.61. The Morgan fingerprint density at radius 2 is 2.11 bits per heavy atom. The summed E-state index contributed by atoms with van der Waals surface area (Å²) in [5, 5.41) is 9.07. The summed E-state index contributed by atoms with van der Waals surface area (Å²) in [6.45, 7) is 2.05. The Morgan fingerprint density at radius 3 is 2.72 bits per heavy atom. The lowest BCUT2D eigenvalue weighted by atomic mass is 10.1. The van der Waals surface area contributed by atoms with Gasteiger partial charge in [-0.3, -0.25) is 4.79 Å².